The number of anilines is 1. The number of nitrogens with zero attached hydrogens (tertiary/aromatic N) is 2. The van der Waals surface area contributed by atoms with E-state index in [4.69, 9.17) is 5.26 Å². The Bertz CT molecular complexity index is 658. The van der Waals surface area contributed by atoms with E-state index in [9.17, 15) is 4.39 Å². The molecule has 0 atom stereocenters. The molecule has 0 fully saturated rings. The topological polar surface area (TPSA) is 27.0 Å². The molecule has 0 spiro atoms. The van der Waals surface area contributed by atoms with Crippen molar-refractivity contribution in [2.24, 2.45) is 0 Å². The van der Waals surface area contributed by atoms with Crippen molar-refractivity contribution in [2.45, 2.75) is 13.0 Å². The molecule has 2 nitrogen and oxygen atoms in total. The lowest BCUT2D eigenvalue weighted by Crippen LogP contribution is -2.30. The number of fused-ring (bicyclic) bond motifs is 1. The average molecular weight is 252 g/mol. The van der Waals surface area contributed by atoms with Gasteiger partial charge in [-0.15, -0.1) is 0 Å². The Morgan fingerprint density at radius 2 is 1.89 bits per heavy atom. The summed E-state index contributed by atoms with van der Waals surface area (Å²) in [6.45, 7) is 1.53. The summed E-state index contributed by atoms with van der Waals surface area (Å²) in [5.41, 5.74) is 3.53. The highest BCUT2D eigenvalue weighted by molar-refractivity contribution is 5.53. The maximum atomic E-state index is 14.0. The third-order valence-corrected chi connectivity index (χ3v) is 3.55. The zero-order chi connectivity index (χ0) is 13.2. The Morgan fingerprint density at radius 3 is 2.63 bits per heavy atom. The van der Waals surface area contributed by atoms with Crippen LogP contribution in [0.1, 0.15) is 16.7 Å². The van der Waals surface area contributed by atoms with Crippen LogP contribution in [0.4, 0.5) is 10.1 Å². The fourth-order valence-electron chi connectivity index (χ4n) is 2.53. The van der Waals surface area contributed by atoms with Crippen LogP contribution < -0.4 is 4.90 Å². The molecule has 19 heavy (non-hydrogen) atoms. The molecule has 3 rings (SSSR count). The van der Waals surface area contributed by atoms with Gasteiger partial charge in [-0.05, 0) is 35.7 Å². The fourth-order valence-corrected chi connectivity index (χ4v) is 2.53. The van der Waals surface area contributed by atoms with Gasteiger partial charge in [0.25, 0.3) is 0 Å². The van der Waals surface area contributed by atoms with Gasteiger partial charge in [0.15, 0.2) is 0 Å². The summed E-state index contributed by atoms with van der Waals surface area (Å²) in [5, 5.41) is 8.76. The molecule has 0 saturated heterocycles. The first kappa shape index (κ1) is 11.7. The van der Waals surface area contributed by atoms with Crippen LogP contribution in [0.15, 0.2) is 42.5 Å². The van der Waals surface area contributed by atoms with Crippen LogP contribution >= 0.6 is 0 Å². The van der Waals surface area contributed by atoms with E-state index in [0.29, 0.717) is 11.3 Å². The molecule has 0 aromatic heterocycles. The van der Waals surface area contributed by atoms with E-state index >= 15 is 0 Å². The van der Waals surface area contributed by atoms with Gasteiger partial charge in [0.2, 0.25) is 0 Å². The highest BCUT2D eigenvalue weighted by atomic mass is 19.1. The highest BCUT2D eigenvalue weighted by Gasteiger charge is 2.18. The molecule has 2 aromatic rings. The monoisotopic (exact) mass is 252 g/mol. The first-order valence-corrected chi connectivity index (χ1v) is 6.29. The zero-order valence-corrected chi connectivity index (χ0v) is 10.4. The van der Waals surface area contributed by atoms with Gasteiger partial charge in [-0.25, -0.2) is 4.39 Å². The molecule has 1 aliphatic heterocycles. The SMILES string of the molecule is N#Cc1ccc(N2CCc3ccccc3C2)c(F)c1. The van der Waals surface area contributed by atoms with Gasteiger partial charge in [0.05, 0.1) is 17.3 Å². The molecule has 0 N–H and O–H groups in total. The number of benzene rings is 2. The van der Waals surface area contributed by atoms with Crippen LogP contribution in [-0.2, 0) is 13.0 Å². The van der Waals surface area contributed by atoms with Crippen LogP contribution in [0.25, 0.3) is 0 Å². The van der Waals surface area contributed by atoms with Crippen molar-refractivity contribution in [3.05, 3.63) is 65.0 Å². The van der Waals surface area contributed by atoms with Crippen LogP contribution in [0.2, 0.25) is 0 Å². The number of rotatable bonds is 1. The van der Waals surface area contributed by atoms with Crippen LogP contribution in [0.5, 0.6) is 0 Å². The summed E-state index contributed by atoms with van der Waals surface area (Å²) in [4.78, 5) is 2.03. The van der Waals surface area contributed by atoms with Crippen molar-refractivity contribution in [1.82, 2.24) is 0 Å². The molecule has 3 heteroatoms. The number of hydrogen-bond donors (Lipinski definition) is 0. The van der Waals surface area contributed by atoms with E-state index in [1.54, 1.807) is 12.1 Å². The van der Waals surface area contributed by atoms with Gasteiger partial charge in [-0.2, -0.15) is 5.26 Å². The third-order valence-electron chi connectivity index (χ3n) is 3.55. The molecule has 1 heterocycles. The maximum absolute atomic E-state index is 14.0. The normalized spacial score (nSPS) is 13.8. The lowest BCUT2D eigenvalue weighted by molar-refractivity contribution is 0.610. The number of nitriles is 1. The predicted octanol–water partition coefficient (Wildman–Crippen LogP) is 3.26. The minimum atomic E-state index is -0.321. The zero-order valence-electron chi connectivity index (χ0n) is 10.4. The molecule has 0 saturated carbocycles. The molecule has 0 radical (unpaired) electrons. The first-order chi connectivity index (χ1) is 9.28. The predicted molar refractivity (Wildman–Crippen MR) is 72.3 cm³/mol. The summed E-state index contributed by atoms with van der Waals surface area (Å²) in [5.74, 6) is -0.321. The van der Waals surface area contributed by atoms with Gasteiger partial charge in [-0.1, -0.05) is 24.3 Å². The van der Waals surface area contributed by atoms with Crippen molar-refractivity contribution >= 4 is 5.69 Å². The minimum absolute atomic E-state index is 0.321. The lowest BCUT2D eigenvalue weighted by Gasteiger charge is -2.31. The lowest BCUT2D eigenvalue weighted by atomic mass is 9.99. The van der Waals surface area contributed by atoms with Gasteiger partial charge >= 0.3 is 0 Å². The first-order valence-electron chi connectivity index (χ1n) is 6.29. The third kappa shape index (κ3) is 2.17. The molecule has 0 amide bonds. The van der Waals surface area contributed by atoms with E-state index < -0.39 is 0 Å². The number of halogens is 1. The number of hydrogen-bond acceptors (Lipinski definition) is 2. The van der Waals surface area contributed by atoms with Crippen molar-refractivity contribution < 1.29 is 4.39 Å². The van der Waals surface area contributed by atoms with Gasteiger partial charge < -0.3 is 4.90 Å². The Balaban J connectivity index is 1.91. The Kier molecular flexibility index (Phi) is 2.92. The molecule has 0 aliphatic carbocycles. The standard InChI is InChI=1S/C16H13FN2/c17-15-9-12(10-18)5-6-16(15)19-8-7-13-3-1-2-4-14(13)11-19/h1-6,9H,7-8,11H2. The van der Waals surface area contributed by atoms with Gasteiger partial charge in [0, 0.05) is 13.1 Å². The summed E-state index contributed by atoms with van der Waals surface area (Å²) < 4.78 is 14.0. The summed E-state index contributed by atoms with van der Waals surface area (Å²) >= 11 is 0. The highest BCUT2D eigenvalue weighted by Crippen LogP contribution is 2.27. The molecule has 2 aromatic carbocycles. The minimum Gasteiger partial charge on any atom is -0.364 e. The van der Waals surface area contributed by atoms with Gasteiger partial charge in [-0.3, -0.25) is 0 Å². The second-order valence-corrected chi connectivity index (χ2v) is 4.72. The largest absolute Gasteiger partial charge is 0.364 e. The molecule has 0 unspecified atom stereocenters. The Hall–Kier alpha value is -2.34. The van der Waals surface area contributed by atoms with Crippen molar-refractivity contribution in [3.8, 4) is 6.07 Å². The molecular weight excluding hydrogens is 239 g/mol. The molecule has 94 valence electrons. The van der Waals surface area contributed by atoms with E-state index in [1.165, 1.54) is 17.2 Å². The second kappa shape index (κ2) is 4.74. The van der Waals surface area contributed by atoms with Crippen molar-refractivity contribution in [2.75, 3.05) is 11.4 Å². The summed E-state index contributed by atoms with van der Waals surface area (Å²) in [6, 6.07) is 14.9. The smallest absolute Gasteiger partial charge is 0.147 e. The van der Waals surface area contributed by atoms with Crippen molar-refractivity contribution in [1.29, 1.82) is 5.26 Å². The molecule has 0 bridgehead atoms. The maximum Gasteiger partial charge on any atom is 0.147 e. The summed E-state index contributed by atoms with van der Waals surface area (Å²) in [7, 11) is 0. The van der Waals surface area contributed by atoms with Crippen LogP contribution in [0, 0.1) is 17.1 Å². The fraction of sp³-hybridized carbons (Fsp3) is 0.188. The Morgan fingerprint density at radius 1 is 1.11 bits per heavy atom. The van der Waals surface area contributed by atoms with Gasteiger partial charge in [0.1, 0.15) is 5.82 Å². The second-order valence-electron chi connectivity index (χ2n) is 4.72. The van der Waals surface area contributed by atoms with Crippen LogP contribution in [0.3, 0.4) is 0 Å². The quantitative estimate of drug-likeness (QED) is 0.779. The average Bonchev–Trinajstić information content (AvgIpc) is 2.46. The summed E-state index contributed by atoms with van der Waals surface area (Å²) in [6.07, 6.45) is 0.926. The van der Waals surface area contributed by atoms with E-state index in [2.05, 4.69) is 12.1 Å². The molecular formula is C16H13FN2. The van der Waals surface area contributed by atoms with E-state index in [0.717, 1.165) is 19.5 Å². The molecule has 1 aliphatic rings. The van der Waals surface area contributed by atoms with Crippen LogP contribution in [-0.4, -0.2) is 6.54 Å². The van der Waals surface area contributed by atoms with E-state index in [-0.39, 0.29) is 5.82 Å². The Labute approximate surface area is 111 Å². The van der Waals surface area contributed by atoms with Crippen molar-refractivity contribution in [3.63, 3.8) is 0 Å². The van der Waals surface area contributed by atoms with E-state index in [1.807, 2.05) is 23.1 Å².